The summed E-state index contributed by atoms with van der Waals surface area (Å²) in [7, 11) is 1.33. The molecular weight excluding hydrogens is 504 g/mol. The molecule has 0 aliphatic rings. The third-order valence-electron chi connectivity index (χ3n) is 3.68. The second kappa shape index (κ2) is 28.3. The lowest BCUT2D eigenvalue weighted by molar-refractivity contribution is -0.141. The Morgan fingerprint density at radius 3 is 1.64 bits per heavy atom. The van der Waals surface area contributed by atoms with Crippen LogP contribution < -0.4 is 0 Å². The summed E-state index contributed by atoms with van der Waals surface area (Å²) in [4.78, 5) is 40.2. The highest BCUT2D eigenvalue weighted by molar-refractivity contribution is 5.87. The van der Waals surface area contributed by atoms with Gasteiger partial charge in [-0.15, -0.1) is 0 Å². The zero-order valence-electron chi connectivity index (χ0n) is 23.8. The van der Waals surface area contributed by atoms with Gasteiger partial charge >= 0.3 is 23.9 Å². The lowest BCUT2D eigenvalue weighted by Gasteiger charge is -2.04. The number of aliphatic carboxylic acids is 2. The van der Waals surface area contributed by atoms with Crippen molar-refractivity contribution in [2.45, 2.75) is 53.1 Å². The van der Waals surface area contributed by atoms with E-state index in [0.29, 0.717) is 23.1 Å². The molecule has 0 aliphatic heterocycles. The van der Waals surface area contributed by atoms with Crippen LogP contribution in [0.25, 0.3) is 6.08 Å². The van der Waals surface area contributed by atoms with Crippen molar-refractivity contribution in [3.63, 3.8) is 0 Å². The van der Waals surface area contributed by atoms with Crippen LogP contribution in [0.4, 0.5) is 0 Å². The molecule has 0 heterocycles. The summed E-state index contributed by atoms with van der Waals surface area (Å²) in [5.74, 6) is -2.66. The van der Waals surface area contributed by atoms with Crippen molar-refractivity contribution in [2.24, 2.45) is 0 Å². The summed E-state index contributed by atoms with van der Waals surface area (Å²) in [5, 5.41) is 24.6. The van der Waals surface area contributed by atoms with Gasteiger partial charge in [0.2, 0.25) is 0 Å². The molecule has 1 rings (SSSR count). The Kier molecular flexibility index (Phi) is 30.4. The first-order chi connectivity index (χ1) is 18.1. The highest BCUT2D eigenvalue weighted by atomic mass is 16.5. The number of carbonyl (C=O) groups excluding carboxylic acids is 2. The number of hydrogen-bond acceptors (Lipinski definition) is 7. The van der Waals surface area contributed by atoms with Crippen molar-refractivity contribution in [1.82, 2.24) is 0 Å². The normalized spacial score (nSPS) is 9.18. The zero-order chi connectivity index (χ0) is 31.4. The molecule has 1 atom stereocenters. The van der Waals surface area contributed by atoms with Gasteiger partial charge in [0, 0.05) is 22.8 Å². The molecule has 0 aromatic heterocycles. The van der Waals surface area contributed by atoms with Gasteiger partial charge in [-0.25, -0.2) is 19.2 Å². The van der Waals surface area contributed by atoms with Crippen LogP contribution in [-0.4, -0.2) is 59.0 Å². The van der Waals surface area contributed by atoms with Crippen LogP contribution in [0.2, 0.25) is 0 Å². The molecule has 0 saturated carbocycles. The molecule has 0 amide bonds. The van der Waals surface area contributed by atoms with Crippen LogP contribution in [0.15, 0.2) is 86.0 Å². The molecule has 218 valence electrons. The largest absolute Gasteiger partial charge is 0.478 e. The Labute approximate surface area is 232 Å². The van der Waals surface area contributed by atoms with Crippen LogP contribution >= 0.6 is 0 Å². The maximum atomic E-state index is 10.6. The van der Waals surface area contributed by atoms with E-state index in [9.17, 15) is 19.2 Å². The van der Waals surface area contributed by atoms with Gasteiger partial charge in [-0.3, -0.25) is 0 Å². The van der Waals surface area contributed by atoms with E-state index >= 15 is 0 Å². The standard InChI is InChI=1S/C8H8.C7H12O3.C7H12O2.C5H8O2.C3H4O2/c1-2-8-6-4-3-5-7-8;1-5(2)7(9)10-4-6(3)8;1-3-4-5-6(2)7(8)9;1-4(2)5(6)7-3;1-2-3(4)5/h2-7H,1H2;6,8H,1,4H2,2-3H3;2-5H2,1H3,(H,8,9);1H2,2-3H3;2H,1H2,(H,4,5). The van der Waals surface area contributed by atoms with Crippen molar-refractivity contribution < 1.29 is 44.0 Å². The van der Waals surface area contributed by atoms with Crippen LogP contribution in [0.5, 0.6) is 0 Å². The quantitative estimate of drug-likeness (QED) is 0.250. The van der Waals surface area contributed by atoms with Crippen molar-refractivity contribution in [1.29, 1.82) is 0 Å². The summed E-state index contributed by atoms with van der Waals surface area (Å²) < 4.78 is 8.85. The number of aliphatic hydroxyl groups is 1. The molecule has 1 unspecified atom stereocenters. The number of hydrogen-bond donors (Lipinski definition) is 3. The number of benzene rings is 1. The van der Waals surface area contributed by atoms with E-state index < -0.39 is 24.0 Å². The molecule has 0 saturated heterocycles. The number of unbranched alkanes of at least 4 members (excludes halogenated alkanes) is 1. The van der Waals surface area contributed by atoms with Crippen LogP contribution in [0.3, 0.4) is 0 Å². The van der Waals surface area contributed by atoms with E-state index in [1.165, 1.54) is 12.7 Å². The molecular formula is C30H44O9. The summed E-state index contributed by atoms with van der Waals surface area (Å²) >= 11 is 0. The molecule has 3 N–H and O–H groups in total. The minimum atomic E-state index is -0.981. The van der Waals surface area contributed by atoms with Crippen LogP contribution in [0, 0.1) is 0 Å². The van der Waals surface area contributed by atoms with Gasteiger partial charge in [-0.05, 0) is 39.2 Å². The topological polar surface area (TPSA) is 147 Å². The number of esters is 2. The van der Waals surface area contributed by atoms with Crippen LogP contribution in [0.1, 0.15) is 52.5 Å². The fraction of sp³-hybridized carbons (Fsp3) is 0.333. The van der Waals surface area contributed by atoms with Gasteiger partial charge in [-0.1, -0.05) is 82.6 Å². The van der Waals surface area contributed by atoms with E-state index in [-0.39, 0.29) is 12.6 Å². The number of aliphatic hydroxyl groups excluding tert-OH is 1. The second-order valence-corrected chi connectivity index (χ2v) is 7.67. The van der Waals surface area contributed by atoms with Gasteiger partial charge in [0.05, 0.1) is 13.2 Å². The summed E-state index contributed by atoms with van der Waals surface area (Å²) in [6.07, 6.45) is 4.62. The maximum absolute atomic E-state index is 10.6. The van der Waals surface area contributed by atoms with Gasteiger partial charge in [0.25, 0.3) is 0 Å². The monoisotopic (exact) mass is 548 g/mol. The summed E-state index contributed by atoms with van der Waals surface area (Å²) in [5.41, 5.74) is 2.27. The summed E-state index contributed by atoms with van der Waals surface area (Å²) in [6, 6.07) is 10.0. The Balaban J connectivity index is -0.000000200. The van der Waals surface area contributed by atoms with Crippen molar-refractivity contribution in [3.05, 3.63) is 91.6 Å². The average molecular weight is 549 g/mol. The molecule has 0 aliphatic carbocycles. The Bertz CT molecular complexity index is 914. The first-order valence-electron chi connectivity index (χ1n) is 11.8. The lowest BCUT2D eigenvalue weighted by Crippen LogP contribution is -2.15. The van der Waals surface area contributed by atoms with Gasteiger partial charge in [0.15, 0.2) is 0 Å². The number of ether oxygens (including phenoxy) is 2. The molecule has 0 fully saturated rings. The Morgan fingerprint density at radius 1 is 0.949 bits per heavy atom. The number of carbonyl (C=O) groups is 4. The van der Waals surface area contributed by atoms with E-state index in [2.05, 4.69) is 42.4 Å². The molecule has 9 nitrogen and oxygen atoms in total. The molecule has 0 radical (unpaired) electrons. The third-order valence-corrected chi connectivity index (χ3v) is 3.68. The van der Waals surface area contributed by atoms with E-state index in [1.807, 2.05) is 43.3 Å². The first-order valence-corrected chi connectivity index (χ1v) is 11.8. The minimum Gasteiger partial charge on any atom is -0.478 e. The highest BCUT2D eigenvalue weighted by Gasteiger charge is 2.04. The molecule has 0 spiro atoms. The van der Waals surface area contributed by atoms with Gasteiger partial charge in [0.1, 0.15) is 6.61 Å². The first kappa shape index (κ1) is 41.9. The van der Waals surface area contributed by atoms with Crippen LogP contribution in [-0.2, 0) is 28.7 Å². The molecule has 0 bridgehead atoms. The smallest absolute Gasteiger partial charge is 0.333 e. The predicted molar refractivity (Wildman–Crippen MR) is 155 cm³/mol. The number of carboxylic acid groups (broad SMARTS) is 2. The number of methoxy groups -OCH3 is 1. The lowest BCUT2D eigenvalue weighted by atomic mass is 10.1. The Morgan fingerprint density at radius 2 is 1.41 bits per heavy atom. The van der Waals surface area contributed by atoms with E-state index in [4.69, 9.17) is 15.3 Å². The minimum absolute atomic E-state index is 0.0334. The predicted octanol–water partition coefficient (Wildman–Crippen LogP) is 5.63. The highest BCUT2D eigenvalue weighted by Crippen LogP contribution is 2.03. The fourth-order valence-electron chi connectivity index (χ4n) is 1.58. The third kappa shape index (κ3) is 36.0. The van der Waals surface area contributed by atoms with E-state index in [1.54, 1.807) is 20.8 Å². The number of rotatable bonds is 10. The average Bonchev–Trinajstić information content (AvgIpc) is 2.91. The molecule has 1 aromatic rings. The summed E-state index contributed by atoms with van der Waals surface area (Å²) in [6.45, 7) is 23.5. The second-order valence-electron chi connectivity index (χ2n) is 7.67. The van der Waals surface area contributed by atoms with E-state index in [0.717, 1.165) is 18.9 Å². The molecule has 1 aromatic carbocycles. The van der Waals surface area contributed by atoms with Crippen molar-refractivity contribution in [3.8, 4) is 0 Å². The van der Waals surface area contributed by atoms with Gasteiger partial charge < -0.3 is 24.8 Å². The number of carboxylic acids is 2. The SMILES string of the molecule is C=C(C)C(=O)OC.C=C(C)C(=O)OCC(C)O.C=C(CCCC)C(=O)O.C=CC(=O)O.C=Cc1ccccc1. The zero-order valence-corrected chi connectivity index (χ0v) is 23.8. The van der Waals surface area contributed by atoms with Gasteiger partial charge in [-0.2, -0.15) is 0 Å². The Hall–Kier alpha value is -4.24. The maximum Gasteiger partial charge on any atom is 0.333 e. The van der Waals surface area contributed by atoms with Crippen molar-refractivity contribution >= 4 is 30.0 Å². The molecule has 9 heteroatoms. The fourth-order valence-corrected chi connectivity index (χ4v) is 1.58. The van der Waals surface area contributed by atoms with Crippen molar-refractivity contribution in [2.75, 3.05) is 13.7 Å². The molecule has 39 heavy (non-hydrogen) atoms.